The number of methoxy groups -OCH3 is 1. The van der Waals surface area contributed by atoms with Gasteiger partial charge in [-0.1, -0.05) is 13.3 Å². The monoisotopic (exact) mass is 155 g/mol. The Kier molecular flexibility index (Phi) is 3.59. The van der Waals surface area contributed by atoms with E-state index in [1.54, 1.807) is 6.92 Å². The molecular formula is C8H13NO2. The number of hydrogen-bond donors (Lipinski definition) is 0. The molecule has 1 atom stereocenters. The van der Waals surface area contributed by atoms with Crippen molar-refractivity contribution in [2.45, 2.75) is 26.7 Å². The molecule has 0 bridgehead atoms. The lowest BCUT2D eigenvalue weighted by Crippen LogP contribution is -2.26. The Labute approximate surface area is 67.0 Å². The van der Waals surface area contributed by atoms with Crippen LogP contribution in [0.1, 0.15) is 26.7 Å². The van der Waals surface area contributed by atoms with E-state index in [0.717, 1.165) is 6.42 Å². The smallest absolute Gasteiger partial charge is 0.325 e. The van der Waals surface area contributed by atoms with Gasteiger partial charge in [0.15, 0.2) is 5.41 Å². The van der Waals surface area contributed by atoms with E-state index in [2.05, 4.69) is 4.74 Å². The Morgan fingerprint density at radius 2 is 2.27 bits per heavy atom. The SMILES string of the molecule is CCCC(C)(C#N)C(=O)OC. The fourth-order valence-corrected chi connectivity index (χ4v) is 0.929. The average Bonchev–Trinajstić information content (AvgIpc) is 2.03. The molecule has 0 saturated carbocycles. The van der Waals surface area contributed by atoms with E-state index in [9.17, 15) is 4.79 Å². The summed E-state index contributed by atoms with van der Waals surface area (Å²) in [6.45, 7) is 3.53. The van der Waals surface area contributed by atoms with Crippen molar-refractivity contribution in [2.75, 3.05) is 7.11 Å². The molecule has 0 aromatic rings. The lowest BCUT2D eigenvalue weighted by molar-refractivity contribution is -0.148. The van der Waals surface area contributed by atoms with Crippen LogP contribution in [-0.2, 0) is 9.53 Å². The van der Waals surface area contributed by atoms with E-state index >= 15 is 0 Å². The first kappa shape index (κ1) is 9.96. The Bertz CT molecular complexity index is 183. The largest absolute Gasteiger partial charge is 0.468 e. The van der Waals surface area contributed by atoms with Crippen molar-refractivity contribution in [3.05, 3.63) is 0 Å². The van der Waals surface area contributed by atoms with Crippen molar-refractivity contribution in [2.24, 2.45) is 5.41 Å². The molecule has 0 amide bonds. The lowest BCUT2D eigenvalue weighted by Gasteiger charge is -2.16. The Balaban J connectivity index is 4.36. The highest BCUT2D eigenvalue weighted by Gasteiger charge is 2.33. The summed E-state index contributed by atoms with van der Waals surface area (Å²) < 4.78 is 4.50. The maximum atomic E-state index is 11.0. The Morgan fingerprint density at radius 1 is 1.73 bits per heavy atom. The van der Waals surface area contributed by atoms with E-state index in [1.807, 2.05) is 13.0 Å². The van der Waals surface area contributed by atoms with Gasteiger partial charge in [0, 0.05) is 0 Å². The third-order valence-corrected chi connectivity index (χ3v) is 1.63. The molecule has 3 nitrogen and oxygen atoms in total. The van der Waals surface area contributed by atoms with Gasteiger partial charge < -0.3 is 4.74 Å². The van der Waals surface area contributed by atoms with Crippen molar-refractivity contribution >= 4 is 5.97 Å². The number of carbonyl (C=O) groups is 1. The third-order valence-electron chi connectivity index (χ3n) is 1.63. The van der Waals surface area contributed by atoms with Gasteiger partial charge in [-0.3, -0.25) is 4.79 Å². The number of nitrogens with zero attached hydrogens (tertiary/aromatic N) is 1. The predicted molar refractivity (Wildman–Crippen MR) is 40.6 cm³/mol. The quantitative estimate of drug-likeness (QED) is 0.580. The molecule has 1 unspecified atom stereocenters. The zero-order chi connectivity index (χ0) is 8.91. The molecule has 0 aliphatic heterocycles. The molecule has 0 radical (unpaired) electrons. The van der Waals surface area contributed by atoms with Crippen LogP contribution in [0.15, 0.2) is 0 Å². The van der Waals surface area contributed by atoms with Crippen LogP contribution < -0.4 is 0 Å². The zero-order valence-corrected chi connectivity index (χ0v) is 7.18. The van der Waals surface area contributed by atoms with Gasteiger partial charge in [-0.05, 0) is 13.3 Å². The first-order chi connectivity index (χ1) is 5.10. The van der Waals surface area contributed by atoms with Crippen molar-refractivity contribution < 1.29 is 9.53 Å². The van der Waals surface area contributed by atoms with Gasteiger partial charge in [-0.25, -0.2) is 0 Å². The minimum atomic E-state index is -0.955. The van der Waals surface area contributed by atoms with E-state index in [-0.39, 0.29) is 0 Å². The standard InChI is InChI=1S/C8H13NO2/c1-4-5-8(2,6-9)7(10)11-3/h4-5H2,1-3H3. The maximum absolute atomic E-state index is 11.0. The van der Waals surface area contributed by atoms with Crippen molar-refractivity contribution in [3.63, 3.8) is 0 Å². The molecule has 62 valence electrons. The van der Waals surface area contributed by atoms with Gasteiger partial charge in [-0.15, -0.1) is 0 Å². The summed E-state index contributed by atoms with van der Waals surface area (Å²) in [4.78, 5) is 11.0. The molecule has 0 spiro atoms. The molecule has 0 saturated heterocycles. The molecular weight excluding hydrogens is 142 g/mol. The topological polar surface area (TPSA) is 50.1 Å². The highest BCUT2D eigenvalue weighted by atomic mass is 16.5. The predicted octanol–water partition coefficient (Wildman–Crippen LogP) is 1.49. The number of hydrogen-bond acceptors (Lipinski definition) is 3. The molecule has 0 fully saturated rings. The molecule has 0 heterocycles. The second-order valence-electron chi connectivity index (χ2n) is 2.69. The van der Waals surface area contributed by atoms with Crippen molar-refractivity contribution in [3.8, 4) is 6.07 Å². The van der Waals surface area contributed by atoms with Crippen LogP contribution in [0, 0.1) is 16.7 Å². The number of rotatable bonds is 3. The maximum Gasteiger partial charge on any atom is 0.325 e. The molecule has 0 aliphatic rings. The Morgan fingerprint density at radius 3 is 2.55 bits per heavy atom. The van der Waals surface area contributed by atoms with E-state index < -0.39 is 11.4 Å². The lowest BCUT2D eigenvalue weighted by atomic mass is 9.88. The first-order valence-electron chi connectivity index (χ1n) is 3.60. The first-order valence-corrected chi connectivity index (χ1v) is 3.60. The van der Waals surface area contributed by atoms with Crippen LogP contribution in [0.2, 0.25) is 0 Å². The summed E-state index contributed by atoms with van der Waals surface area (Å²) in [6.07, 6.45) is 1.36. The highest BCUT2D eigenvalue weighted by molar-refractivity contribution is 5.79. The van der Waals surface area contributed by atoms with Crippen LogP contribution in [-0.4, -0.2) is 13.1 Å². The number of ether oxygens (including phenoxy) is 1. The van der Waals surface area contributed by atoms with Gasteiger partial charge in [0.1, 0.15) is 0 Å². The fraction of sp³-hybridized carbons (Fsp3) is 0.750. The van der Waals surface area contributed by atoms with E-state index in [0.29, 0.717) is 6.42 Å². The van der Waals surface area contributed by atoms with Crippen molar-refractivity contribution in [1.82, 2.24) is 0 Å². The van der Waals surface area contributed by atoms with Crippen LogP contribution in [0.4, 0.5) is 0 Å². The molecule has 3 heteroatoms. The second kappa shape index (κ2) is 3.97. The fourth-order valence-electron chi connectivity index (χ4n) is 0.929. The molecule has 11 heavy (non-hydrogen) atoms. The van der Waals surface area contributed by atoms with Gasteiger partial charge in [-0.2, -0.15) is 5.26 Å². The summed E-state index contributed by atoms with van der Waals surface area (Å²) in [5, 5.41) is 8.67. The summed E-state index contributed by atoms with van der Waals surface area (Å²) in [6, 6.07) is 1.96. The number of nitriles is 1. The van der Waals surface area contributed by atoms with Gasteiger partial charge in [0.2, 0.25) is 0 Å². The summed E-state index contributed by atoms with van der Waals surface area (Å²) in [5.41, 5.74) is -0.955. The van der Waals surface area contributed by atoms with Crippen LogP contribution in [0.25, 0.3) is 0 Å². The summed E-state index contributed by atoms with van der Waals surface area (Å²) >= 11 is 0. The van der Waals surface area contributed by atoms with Gasteiger partial charge >= 0.3 is 5.97 Å². The highest BCUT2D eigenvalue weighted by Crippen LogP contribution is 2.23. The summed E-state index contributed by atoms with van der Waals surface area (Å²) in [7, 11) is 1.30. The molecule has 0 aromatic carbocycles. The molecule has 0 aromatic heterocycles. The molecule has 0 aliphatic carbocycles. The zero-order valence-electron chi connectivity index (χ0n) is 7.18. The minimum absolute atomic E-state index is 0.443. The minimum Gasteiger partial charge on any atom is -0.468 e. The average molecular weight is 155 g/mol. The van der Waals surface area contributed by atoms with Crippen LogP contribution in [0.5, 0.6) is 0 Å². The number of esters is 1. The molecule has 0 rings (SSSR count). The third kappa shape index (κ3) is 2.23. The van der Waals surface area contributed by atoms with Gasteiger partial charge in [0.25, 0.3) is 0 Å². The van der Waals surface area contributed by atoms with Gasteiger partial charge in [0.05, 0.1) is 13.2 Å². The normalized spacial score (nSPS) is 14.7. The molecule has 0 N–H and O–H groups in total. The van der Waals surface area contributed by atoms with E-state index in [4.69, 9.17) is 5.26 Å². The number of carbonyl (C=O) groups excluding carboxylic acids is 1. The summed E-state index contributed by atoms with van der Waals surface area (Å²) in [5.74, 6) is -0.443. The second-order valence-corrected chi connectivity index (χ2v) is 2.69. The van der Waals surface area contributed by atoms with Crippen LogP contribution >= 0.6 is 0 Å². The van der Waals surface area contributed by atoms with E-state index in [1.165, 1.54) is 7.11 Å². The Hall–Kier alpha value is -1.04. The van der Waals surface area contributed by atoms with Crippen molar-refractivity contribution in [1.29, 1.82) is 5.26 Å². The van der Waals surface area contributed by atoms with Crippen LogP contribution in [0.3, 0.4) is 0 Å².